The van der Waals surface area contributed by atoms with E-state index in [1.165, 1.54) is 24.3 Å². The predicted molar refractivity (Wildman–Crippen MR) is 72.5 cm³/mol. The minimum Gasteiger partial charge on any atom is -0.445 e. The minimum atomic E-state index is -0.522. The Morgan fingerprint density at radius 1 is 1.33 bits per heavy atom. The lowest BCUT2D eigenvalue weighted by atomic mass is 10.2. The van der Waals surface area contributed by atoms with Crippen LogP contribution in [-0.2, 0) is 0 Å². The van der Waals surface area contributed by atoms with Crippen molar-refractivity contribution in [3.05, 3.63) is 56.0 Å². The van der Waals surface area contributed by atoms with Crippen molar-refractivity contribution in [2.24, 2.45) is 0 Å². The second-order valence-corrected chi connectivity index (χ2v) is 4.43. The van der Waals surface area contributed by atoms with E-state index in [9.17, 15) is 14.9 Å². The number of nitro groups is 1. The lowest BCUT2D eigenvalue weighted by molar-refractivity contribution is -0.384. The minimum absolute atomic E-state index is 0.0816. The van der Waals surface area contributed by atoms with Gasteiger partial charge in [-0.05, 0) is 40.8 Å². The molecule has 6 nitrogen and oxygen atoms in total. The molecule has 0 atom stereocenters. The molecule has 0 saturated carbocycles. The maximum atomic E-state index is 11.7. The van der Waals surface area contributed by atoms with Gasteiger partial charge in [-0.3, -0.25) is 14.9 Å². The monoisotopic (exact) mass is 358 g/mol. The number of halogens is 1. The van der Waals surface area contributed by atoms with Crippen LogP contribution < -0.4 is 5.32 Å². The highest BCUT2D eigenvalue weighted by atomic mass is 127. The van der Waals surface area contributed by atoms with Crippen LogP contribution in [0, 0.1) is 13.9 Å². The van der Waals surface area contributed by atoms with Crippen LogP contribution >= 0.6 is 22.6 Å². The van der Waals surface area contributed by atoms with Crippen LogP contribution in [0.2, 0.25) is 0 Å². The average molecular weight is 358 g/mol. The number of benzene rings is 1. The largest absolute Gasteiger partial charge is 0.445 e. The van der Waals surface area contributed by atoms with Gasteiger partial charge in [0.15, 0.2) is 9.53 Å². The molecule has 0 saturated heterocycles. The van der Waals surface area contributed by atoms with Gasteiger partial charge in [0.25, 0.3) is 11.6 Å². The zero-order chi connectivity index (χ0) is 13.1. The van der Waals surface area contributed by atoms with Crippen LogP contribution in [0.1, 0.15) is 10.6 Å². The van der Waals surface area contributed by atoms with Crippen LogP contribution in [0.3, 0.4) is 0 Å². The van der Waals surface area contributed by atoms with Gasteiger partial charge in [-0.2, -0.15) is 0 Å². The number of nitrogens with zero attached hydrogens (tertiary/aromatic N) is 1. The molecule has 1 heterocycles. The standard InChI is InChI=1S/C11H7IN2O4/c12-10-5-4-9(18-10)11(15)13-7-2-1-3-8(6-7)14(16)17/h1-6H,(H,13,15). The number of rotatable bonds is 3. The molecule has 1 amide bonds. The van der Waals surface area contributed by atoms with Crippen LogP contribution in [0.15, 0.2) is 40.8 Å². The second-order valence-electron chi connectivity index (χ2n) is 3.37. The Labute approximate surface area is 115 Å². The number of furan rings is 1. The van der Waals surface area contributed by atoms with E-state index in [1.54, 1.807) is 12.1 Å². The highest BCUT2D eigenvalue weighted by molar-refractivity contribution is 14.1. The molecule has 2 rings (SSSR count). The Balaban J connectivity index is 2.16. The molecule has 92 valence electrons. The summed E-state index contributed by atoms with van der Waals surface area (Å²) in [7, 11) is 0. The first-order chi connectivity index (χ1) is 8.56. The molecular weight excluding hydrogens is 351 g/mol. The number of nitrogens with one attached hydrogen (secondary N) is 1. The smallest absolute Gasteiger partial charge is 0.291 e. The van der Waals surface area contributed by atoms with Crippen molar-refractivity contribution in [3.8, 4) is 0 Å². The van der Waals surface area contributed by atoms with Gasteiger partial charge < -0.3 is 9.73 Å². The summed E-state index contributed by atoms with van der Waals surface area (Å²) in [6.45, 7) is 0. The fourth-order valence-electron chi connectivity index (χ4n) is 1.33. The first-order valence-electron chi connectivity index (χ1n) is 4.87. The lowest BCUT2D eigenvalue weighted by Gasteiger charge is -2.02. The fraction of sp³-hybridized carbons (Fsp3) is 0. The number of hydrogen-bond donors (Lipinski definition) is 1. The summed E-state index contributed by atoms with van der Waals surface area (Å²) < 4.78 is 5.73. The molecule has 1 N–H and O–H groups in total. The van der Waals surface area contributed by atoms with Gasteiger partial charge in [0.2, 0.25) is 0 Å². The van der Waals surface area contributed by atoms with E-state index < -0.39 is 10.8 Å². The van der Waals surface area contributed by atoms with Crippen LogP contribution in [0.5, 0.6) is 0 Å². The summed E-state index contributed by atoms with van der Waals surface area (Å²) in [6, 6.07) is 8.90. The number of anilines is 1. The van der Waals surface area contributed by atoms with E-state index in [2.05, 4.69) is 5.32 Å². The Morgan fingerprint density at radius 2 is 2.11 bits per heavy atom. The van der Waals surface area contributed by atoms with Crippen molar-refractivity contribution in [1.82, 2.24) is 0 Å². The third kappa shape index (κ3) is 2.86. The number of non-ortho nitro benzene ring substituents is 1. The van der Waals surface area contributed by atoms with Crippen LogP contribution in [0.25, 0.3) is 0 Å². The first kappa shape index (κ1) is 12.6. The Bertz CT molecular complexity index is 609. The van der Waals surface area contributed by atoms with Gasteiger partial charge >= 0.3 is 0 Å². The third-order valence-electron chi connectivity index (χ3n) is 2.11. The topological polar surface area (TPSA) is 85.4 Å². The summed E-state index contributed by atoms with van der Waals surface area (Å²) in [5.74, 6) is -0.288. The van der Waals surface area contributed by atoms with Crippen molar-refractivity contribution in [1.29, 1.82) is 0 Å². The average Bonchev–Trinajstić information content (AvgIpc) is 2.76. The maximum Gasteiger partial charge on any atom is 0.291 e. The summed E-state index contributed by atoms with van der Waals surface area (Å²) in [5.41, 5.74) is 0.266. The SMILES string of the molecule is O=C(Nc1cccc([N+](=O)[O-])c1)c1ccc(I)o1. The van der Waals surface area contributed by atoms with Crippen LogP contribution in [-0.4, -0.2) is 10.8 Å². The van der Waals surface area contributed by atoms with E-state index >= 15 is 0 Å². The van der Waals surface area contributed by atoms with Gasteiger partial charge in [-0.15, -0.1) is 0 Å². The van der Waals surface area contributed by atoms with Gasteiger partial charge in [0.1, 0.15) is 0 Å². The molecule has 2 aromatic rings. The maximum absolute atomic E-state index is 11.7. The molecule has 0 fully saturated rings. The van der Waals surface area contributed by atoms with Crippen molar-refractivity contribution < 1.29 is 14.1 Å². The molecule has 18 heavy (non-hydrogen) atoms. The molecule has 1 aromatic carbocycles. The molecule has 0 bridgehead atoms. The zero-order valence-electron chi connectivity index (χ0n) is 8.92. The number of carbonyl (C=O) groups excluding carboxylic acids is 1. The van der Waals surface area contributed by atoms with Crippen molar-refractivity contribution in [2.75, 3.05) is 5.32 Å². The normalized spacial score (nSPS) is 10.1. The van der Waals surface area contributed by atoms with Gasteiger partial charge in [0.05, 0.1) is 4.92 Å². The zero-order valence-corrected chi connectivity index (χ0v) is 11.1. The highest BCUT2D eigenvalue weighted by Crippen LogP contribution is 2.18. The summed E-state index contributed by atoms with van der Waals surface area (Å²) in [4.78, 5) is 21.8. The van der Waals surface area contributed by atoms with Crippen molar-refractivity contribution in [3.63, 3.8) is 0 Å². The molecule has 0 unspecified atom stereocenters. The van der Waals surface area contributed by atoms with Crippen molar-refractivity contribution in [2.45, 2.75) is 0 Å². The highest BCUT2D eigenvalue weighted by Gasteiger charge is 2.12. The Morgan fingerprint density at radius 3 is 2.72 bits per heavy atom. The fourth-order valence-corrected chi connectivity index (χ4v) is 1.74. The molecule has 0 radical (unpaired) electrons. The van der Waals surface area contributed by atoms with Gasteiger partial charge in [0, 0.05) is 17.8 Å². The predicted octanol–water partition coefficient (Wildman–Crippen LogP) is 3.04. The van der Waals surface area contributed by atoms with Gasteiger partial charge in [-0.1, -0.05) is 6.07 Å². The molecule has 0 aliphatic rings. The first-order valence-corrected chi connectivity index (χ1v) is 5.95. The number of carbonyl (C=O) groups is 1. The lowest BCUT2D eigenvalue weighted by Crippen LogP contribution is -2.10. The van der Waals surface area contributed by atoms with E-state index in [-0.39, 0.29) is 11.4 Å². The molecule has 7 heteroatoms. The molecular formula is C11H7IN2O4. The number of nitro benzene ring substituents is 1. The van der Waals surface area contributed by atoms with Crippen LogP contribution in [0.4, 0.5) is 11.4 Å². The Hall–Kier alpha value is -1.90. The van der Waals surface area contributed by atoms with Gasteiger partial charge in [-0.25, -0.2) is 0 Å². The Kier molecular flexibility index (Phi) is 3.60. The molecule has 0 aliphatic heterocycles. The van der Waals surface area contributed by atoms with Crippen molar-refractivity contribution >= 4 is 39.9 Å². The molecule has 1 aromatic heterocycles. The molecule has 0 aliphatic carbocycles. The van der Waals surface area contributed by atoms with E-state index in [0.717, 1.165) is 0 Å². The quantitative estimate of drug-likeness (QED) is 0.519. The van der Waals surface area contributed by atoms with E-state index in [1.807, 2.05) is 22.6 Å². The summed E-state index contributed by atoms with van der Waals surface area (Å²) >= 11 is 1.94. The number of amides is 1. The molecule has 0 spiro atoms. The summed E-state index contributed by atoms with van der Waals surface area (Å²) in [6.07, 6.45) is 0. The second kappa shape index (κ2) is 5.17. The number of hydrogen-bond acceptors (Lipinski definition) is 4. The van der Waals surface area contributed by atoms with E-state index in [0.29, 0.717) is 9.45 Å². The third-order valence-corrected chi connectivity index (χ3v) is 2.69. The summed E-state index contributed by atoms with van der Waals surface area (Å²) in [5, 5.41) is 13.1. The van der Waals surface area contributed by atoms with E-state index in [4.69, 9.17) is 4.42 Å².